The molecule has 5 nitrogen and oxygen atoms in total. The molecule has 1 N–H and O–H groups in total. The second-order valence-electron chi connectivity index (χ2n) is 3.93. The third-order valence-corrected chi connectivity index (χ3v) is 4.93. The molecular formula is C12H9BrCl2N2O3S. The standard InChI is InChI=1S/C12H9BrCl2N2O3S/c1-20-9-3-7(13)2-8(4-9)17-21(18,19)10-5-11(14)12(15)16-6-10/h2-6,17H,1H3. The van der Waals surface area contributed by atoms with E-state index in [9.17, 15) is 8.42 Å². The molecule has 2 rings (SSSR count). The van der Waals surface area contributed by atoms with Gasteiger partial charge in [0.25, 0.3) is 10.0 Å². The van der Waals surface area contributed by atoms with Crippen molar-refractivity contribution in [2.45, 2.75) is 4.90 Å². The molecule has 0 aliphatic heterocycles. The van der Waals surface area contributed by atoms with E-state index in [1.807, 2.05) is 0 Å². The van der Waals surface area contributed by atoms with Crippen LogP contribution < -0.4 is 9.46 Å². The monoisotopic (exact) mass is 410 g/mol. The summed E-state index contributed by atoms with van der Waals surface area (Å²) in [5.74, 6) is 0.509. The van der Waals surface area contributed by atoms with E-state index >= 15 is 0 Å². The molecule has 0 amide bonds. The summed E-state index contributed by atoms with van der Waals surface area (Å²) in [5.41, 5.74) is 0.340. The number of hydrogen-bond donors (Lipinski definition) is 1. The van der Waals surface area contributed by atoms with Crippen LogP contribution in [0.5, 0.6) is 5.75 Å². The van der Waals surface area contributed by atoms with E-state index in [4.69, 9.17) is 27.9 Å². The fourth-order valence-corrected chi connectivity index (χ4v) is 3.32. The van der Waals surface area contributed by atoms with Crippen LogP contribution in [0.25, 0.3) is 0 Å². The summed E-state index contributed by atoms with van der Waals surface area (Å²) >= 11 is 14.7. The molecule has 21 heavy (non-hydrogen) atoms. The molecule has 2 aromatic rings. The maximum atomic E-state index is 12.3. The number of aromatic nitrogens is 1. The van der Waals surface area contributed by atoms with Crippen molar-refractivity contribution in [1.29, 1.82) is 0 Å². The van der Waals surface area contributed by atoms with Crippen LogP contribution in [0.3, 0.4) is 0 Å². The maximum Gasteiger partial charge on any atom is 0.263 e. The minimum Gasteiger partial charge on any atom is -0.497 e. The molecule has 0 saturated heterocycles. The maximum absolute atomic E-state index is 12.3. The zero-order valence-corrected chi connectivity index (χ0v) is 14.5. The van der Waals surface area contributed by atoms with E-state index in [0.29, 0.717) is 15.9 Å². The zero-order valence-electron chi connectivity index (χ0n) is 10.6. The molecule has 112 valence electrons. The normalized spacial score (nSPS) is 11.2. The average Bonchev–Trinajstić information content (AvgIpc) is 2.40. The highest BCUT2D eigenvalue weighted by molar-refractivity contribution is 9.10. The van der Waals surface area contributed by atoms with Crippen LogP contribution in [0.2, 0.25) is 10.2 Å². The van der Waals surface area contributed by atoms with Crippen LogP contribution >= 0.6 is 39.1 Å². The van der Waals surface area contributed by atoms with Crippen molar-refractivity contribution in [3.63, 3.8) is 0 Å². The summed E-state index contributed by atoms with van der Waals surface area (Å²) in [6.07, 6.45) is 1.13. The Labute approximate surface area is 140 Å². The molecular weight excluding hydrogens is 403 g/mol. The van der Waals surface area contributed by atoms with Crippen LogP contribution in [0.15, 0.2) is 39.8 Å². The molecule has 0 saturated carbocycles. The molecule has 0 fully saturated rings. The van der Waals surface area contributed by atoms with E-state index < -0.39 is 10.0 Å². The Bertz CT molecular complexity index is 784. The number of rotatable bonds is 4. The van der Waals surface area contributed by atoms with E-state index in [1.165, 1.54) is 13.2 Å². The molecule has 0 unspecified atom stereocenters. The van der Waals surface area contributed by atoms with Gasteiger partial charge in [-0.1, -0.05) is 39.1 Å². The van der Waals surface area contributed by atoms with Gasteiger partial charge in [0.2, 0.25) is 0 Å². The van der Waals surface area contributed by atoms with Gasteiger partial charge in [-0.2, -0.15) is 0 Å². The van der Waals surface area contributed by atoms with Gasteiger partial charge in [0.1, 0.15) is 15.8 Å². The number of benzene rings is 1. The number of sulfonamides is 1. The number of ether oxygens (including phenoxy) is 1. The minimum absolute atomic E-state index is 0.0414. The highest BCUT2D eigenvalue weighted by atomic mass is 79.9. The topological polar surface area (TPSA) is 68.3 Å². The zero-order chi connectivity index (χ0) is 15.6. The lowest BCUT2D eigenvalue weighted by molar-refractivity contribution is 0.415. The molecule has 1 heterocycles. The minimum atomic E-state index is -3.83. The Hall–Kier alpha value is -1.02. The van der Waals surface area contributed by atoms with Crippen molar-refractivity contribution >= 4 is 54.8 Å². The summed E-state index contributed by atoms with van der Waals surface area (Å²) in [6, 6.07) is 6.09. The van der Waals surface area contributed by atoms with Crippen molar-refractivity contribution in [3.8, 4) is 5.75 Å². The fourth-order valence-electron chi connectivity index (χ4n) is 1.50. The van der Waals surface area contributed by atoms with Gasteiger partial charge in [0, 0.05) is 16.7 Å². The predicted octanol–water partition coefficient (Wildman–Crippen LogP) is 3.96. The van der Waals surface area contributed by atoms with Crippen LogP contribution in [-0.2, 0) is 10.0 Å². The lowest BCUT2D eigenvalue weighted by Gasteiger charge is -2.10. The van der Waals surface area contributed by atoms with Crippen molar-refractivity contribution in [2.24, 2.45) is 0 Å². The first-order chi connectivity index (χ1) is 9.81. The van der Waals surface area contributed by atoms with E-state index in [2.05, 4.69) is 25.6 Å². The Morgan fingerprint density at radius 3 is 2.57 bits per heavy atom. The SMILES string of the molecule is COc1cc(Br)cc(NS(=O)(=O)c2cnc(Cl)c(Cl)c2)c1. The highest BCUT2D eigenvalue weighted by Crippen LogP contribution is 2.27. The average molecular weight is 412 g/mol. The first-order valence-electron chi connectivity index (χ1n) is 5.50. The summed E-state index contributed by atoms with van der Waals surface area (Å²) in [7, 11) is -2.34. The first kappa shape index (κ1) is 16.4. The molecule has 1 aromatic carbocycles. The predicted molar refractivity (Wildman–Crippen MR) is 85.8 cm³/mol. The third-order valence-electron chi connectivity index (χ3n) is 2.44. The van der Waals surface area contributed by atoms with Crippen molar-refractivity contribution in [3.05, 3.63) is 45.1 Å². The number of hydrogen-bond acceptors (Lipinski definition) is 4. The van der Waals surface area contributed by atoms with E-state index in [1.54, 1.807) is 18.2 Å². The number of pyridine rings is 1. The molecule has 1 aromatic heterocycles. The van der Waals surface area contributed by atoms with Gasteiger partial charge in [-0.15, -0.1) is 0 Å². The van der Waals surface area contributed by atoms with Crippen molar-refractivity contribution < 1.29 is 13.2 Å². The quantitative estimate of drug-likeness (QED) is 0.773. The number of nitrogens with zero attached hydrogens (tertiary/aromatic N) is 1. The lowest BCUT2D eigenvalue weighted by Crippen LogP contribution is -2.13. The van der Waals surface area contributed by atoms with Crippen molar-refractivity contribution in [1.82, 2.24) is 4.98 Å². The smallest absolute Gasteiger partial charge is 0.263 e. The summed E-state index contributed by atoms with van der Waals surface area (Å²) in [5, 5.41) is 0.103. The van der Waals surface area contributed by atoms with Gasteiger partial charge in [-0.25, -0.2) is 13.4 Å². The second kappa shape index (κ2) is 6.39. The summed E-state index contributed by atoms with van der Waals surface area (Å²) in [4.78, 5) is 3.63. The Balaban J connectivity index is 2.37. The van der Waals surface area contributed by atoms with Gasteiger partial charge in [-0.3, -0.25) is 4.72 Å². The Morgan fingerprint density at radius 1 is 1.24 bits per heavy atom. The number of methoxy groups -OCH3 is 1. The largest absolute Gasteiger partial charge is 0.497 e. The Kier molecular flexibility index (Phi) is 4.98. The molecule has 0 aliphatic carbocycles. The molecule has 0 bridgehead atoms. The summed E-state index contributed by atoms with van der Waals surface area (Å²) < 4.78 is 32.7. The second-order valence-corrected chi connectivity index (χ2v) is 7.29. The van der Waals surface area contributed by atoms with Gasteiger partial charge in [-0.05, 0) is 18.2 Å². The highest BCUT2D eigenvalue weighted by Gasteiger charge is 2.17. The molecule has 0 spiro atoms. The van der Waals surface area contributed by atoms with Gasteiger partial charge < -0.3 is 4.74 Å². The van der Waals surface area contributed by atoms with Crippen LogP contribution in [-0.4, -0.2) is 20.5 Å². The van der Waals surface area contributed by atoms with Gasteiger partial charge in [0.15, 0.2) is 0 Å². The number of halogens is 3. The van der Waals surface area contributed by atoms with Crippen molar-refractivity contribution in [2.75, 3.05) is 11.8 Å². The first-order valence-corrected chi connectivity index (χ1v) is 8.53. The molecule has 9 heteroatoms. The third kappa shape index (κ3) is 4.00. The molecule has 0 radical (unpaired) electrons. The van der Waals surface area contributed by atoms with E-state index in [0.717, 1.165) is 6.20 Å². The molecule has 0 atom stereocenters. The van der Waals surface area contributed by atoms with E-state index in [-0.39, 0.29) is 15.1 Å². The van der Waals surface area contributed by atoms with Gasteiger partial charge >= 0.3 is 0 Å². The summed E-state index contributed by atoms with van der Waals surface area (Å²) in [6.45, 7) is 0. The van der Waals surface area contributed by atoms with Crippen LogP contribution in [0, 0.1) is 0 Å². The van der Waals surface area contributed by atoms with Crippen LogP contribution in [0.4, 0.5) is 5.69 Å². The number of nitrogens with one attached hydrogen (secondary N) is 1. The lowest BCUT2D eigenvalue weighted by atomic mass is 10.3. The Morgan fingerprint density at radius 2 is 1.95 bits per heavy atom. The van der Waals surface area contributed by atoms with Crippen LogP contribution in [0.1, 0.15) is 0 Å². The fraction of sp³-hybridized carbons (Fsp3) is 0.0833. The number of anilines is 1. The molecule has 0 aliphatic rings. The van der Waals surface area contributed by atoms with Gasteiger partial charge in [0.05, 0.1) is 17.8 Å².